The summed E-state index contributed by atoms with van der Waals surface area (Å²) in [5, 5.41) is 9.84. The van der Waals surface area contributed by atoms with Crippen LogP contribution in [0.1, 0.15) is 37.7 Å². The third-order valence-electron chi connectivity index (χ3n) is 4.50. The Morgan fingerprint density at radius 1 is 1.14 bits per heavy atom. The molecule has 0 unspecified atom stereocenters. The molecule has 114 valence electrons. The molecule has 1 aliphatic heterocycles. The van der Waals surface area contributed by atoms with Crippen LogP contribution in [0.15, 0.2) is 12.1 Å². The molecule has 1 aliphatic carbocycles. The highest BCUT2D eigenvalue weighted by Gasteiger charge is 2.44. The van der Waals surface area contributed by atoms with Crippen molar-refractivity contribution < 1.29 is 24.1 Å². The van der Waals surface area contributed by atoms with Crippen molar-refractivity contribution in [2.75, 3.05) is 20.3 Å². The van der Waals surface area contributed by atoms with Crippen LogP contribution in [0.5, 0.6) is 17.2 Å². The van der Waals surface area contributed by atoms with E-state index in [2.05, 4.69) is 0 Å². The Morgan fingerprint density at radius 3 is 2.33 bits per heavy atom. The molecule has 3 rings (SSSR count). The highest BCUT2D eigenvalue weighted by Crippen LogP contribution is 2.47. The van der Waals surface area contributed by atoms with Crippen LogP contribution in [0.2, 0.25) is 0 Å². The number of methoxy groups -OCH3 is 1. The lowest BCUT2D eigenvalue weighted by atomic mass is 9.69. The van der Waals surface area contributed by atoms with Gasteiger partial charge in [0.15, 0.2) is 11.5 Å². The van der Waals surface area contributed by atoms with Crippen LogP contribution in [0, 0.1) is 0 Å². The molecule has 2 aliphatic rings. The van der Waals surface area contributed by atoms with E-state index >= 15 is 0 Å². The van der Waals surface area contributed by atoms with E-state index in [4.69, 9.17) is 14.2 Å². The summed E-state index contributed by atoms with van der Waals surface area (Å²) in [6, 6.07) is 3.55. The van der Waals surface area contributed by atoms with Crippen molar-refractivity contribution in [3.05, 3.63) is 17.7 Å². The molecule has 1 heterocycles. The Kier molecular flexibility index (Phi) is 3.66. The molecule has 1 fully saturated rings. The van der Waals surface area contributed by atoms with Gasteiger partial charge in [0, 0.05) is 11.6 Å². The van der Waals surface area contributed by atoms with E-state index in [1.54, 1.807) is 19.2 Å². The summed E-state index contributed by atoms with van der Waals surface area (Å²) in [5.74, 6) is 1.03. The summed E-state index contributed by atoms with van der Waals surface area (Å²) in [4.78, 5) is 12.0. The summed E-state index contributed by atoms with van der Waals surface area (Å²) in [7, 11) is 1.56. The van der Waals surface area contributed by atoms with Gasteiger partial charge in [0.2, 0.25) is 0 Å². The lowest BCUT2D eigenvalue weighted by molar-refractivity contribution is -0.145. The van der Waals surface area contributed by atoms with E-state index in [0.717, 1.165) is 19.3 Å². The first-order valence-electron chi connectivity index (χ1n) is 7.39. The molecule has 1 aromatic carbocycles. The fourth-order valence-electron chi connectivity index (χ4n) is 3.37. The number of hydrogen-bond acceptors (Lipinski definition) is 4. The topological polar surface area (TPSA) is 65.0 Å². The van der Waals surface area contributed by atoms with Crippen molar-refractivity contribution in [3.63, 3.8) is 0 Å². The number of fused-ring (bicyclic) bond motifs is 1. The van der Waals surface area contributed by atoms with Crippen molar-refractivity contribution in [1.29, 1.82) is 0 Å². The lowest BCUT2D eigenvalue weighted by Gasteiger charge is -2.35. The number of rotatable bonds is 3. The first-order valence-corrected chi connectivity index (χ1v) is 7.39. The van der Waals surface area contributed by atoms with Crippen LogP contribution in [0.4, 0.5) is 0 Å². The van der Waals surface area contributed by atoms with Crippen molar-refractivity contribution in [2.24, 2.45) is 0 Å². The zero-order chi connectivity index (χ0) is 14.9. The molecule has 0 radical (unpaired) electrons. The highest BCUT2D eigenvalue weighted by molar-refractivity contribution is 5.83. The normalized spacial score (nSPS) is 19.9. The fraction of sp³-hybridized carbons (Fsp3) is 0.562. The zero-order valence-corrected chi connectivity index (χ0v) is 12.2. The lowest BCUT2D eigenvalue weighted by Crippen LogP contribution is -2.38. The maximum Gasteiger partial charge on any atom is 0.314 e. The maximum absolute atomic E-state index is 12.0. The first-order chi connectivity index (χ1) is 10.2. The van der Waals surface area contributed by atoms with Gasteiger partial charge in [-0.05, 0) is 18.9 Å². The van der Waals surface area contributed by atoms with Crippen LogP contribution < -0.4 is 14.2 Å². The molecule has 5 nitrogen and oxygen atoms in total. The minimum Gasteiger partial charge on any atom is -0.496 e. The number of benzene rings is 1. The molecule has 0 amide bonds. The fourth-order valence-corrected chi connectivity index (χ4v) is 3.37. The SMILES string of the molecule is COc1cc2c(cc1C1(C(=O)O)CCCCC1)OCCO2. The quantitative estimate of drug-likeness (QED) is 0.928. The van der Waals surface area contributed by atoms with Gasteiger partial charge in [-0.1, -0.05) is 19.3 Å². The molecular formula is C16H20O5. The van der Waals surface area contributed by atoms with Gasteiger partial charge in [-0.2, -0.15) is 0 Å². The van der Waals surface area contributed by atoms with Gasteiger partial charge in [0.25, 0.3) is 0 Å². The summed E-state index contributed by atoms with van der Waals surface area (Å²) in [6.45, 7) is 0.985. The van der Waals surface area contributed by atoms with Gasteiger partial charge >= 0.3 is 5.97 Å². The molecule has 5 heteroatoms. The predicted molar refractivity (Wildman–Crippen MR) is 76.4 cm³/mol. The van der Waals surface area contributed by atoms with Gasteiger partial charge in [-0.3, -0.25) is 4.79 Å². The van der Waals surface area contributed by atoms with E-state index in [9.17, 15) is 9.90 Å². The maximum atomic E-state index is 12.0. The third-order valence-corrected chi connectivity index (χ3v) is 4.50. The Balaban J connectivity index is 2.12. The van der Waals surface area contributed by atoms with Crippen molar-refractivity contribution in [2.45, 2.75) is 37.5 Å². The zero-order valence-electron chi connectivity index (χ0n) is 12.2. The predicted octanol–water partition coefficient (Wildman–Crippen LogP) is 2.75. The second-order valence-corrected chi connectivity index (χ2v) is 5.64. The average molecular weight is 292 g/mol. The largest absolute Gasteiger partial charge is 0.496 e. The summed E-state index contributed by atoms with van der Waals surface area (Å²) in [5.41, 5.74) is -0.166. The Morgan fingerprint density at radius 2 is 1.76 bits per heavy atom. The van der Waals surface area contributed by atoms with E-state index in [1.807, 2.05) is 0 Å². The van der Waals surface area contributed by atoms with Gasteiger partial charge in [0.1, 0.15) is 19.0 Å². The van der Waals surface area contributed by atoms with Gasteiger partial charge < -0.3 is 19.3 Å². The average Bonchev–Trinajstić information content (AvgIpc) is 2.54. The van der Waals surface area contributed by atoms with Crippen molar-refractivity contribution in [1.82, 2.24) is 0 Å². The number of carboxylic acid groups (broad SMARTS) is 1. The first kappa shape index (κ1) is 14.0. The van der Waals surface area contributed by atoms with Crippen LogP contribution in [0.25, 0.3) is 0 Å². The molecule has 1 aromatic rings. The molecule has 0 atom stereocenters. The third kappa shape index (κ3) is 2.30. The van der Waals surface area contributed by atoms with Crippen LogP contribution in [-0.2, 0) is 10.2 Å². The minimum atomic E-state index is -0.876. The molecule has 1 N–H and O–H groups in total. The van der Waals surface area contributed by atoms with Crippen LogP contribution in [0.3, 0.4) is 0 Å². The number of carbonyl (C=O) groups is 1. The van der Waals surface area contributed by atoms with Gasteiger partial charge in [0.05, 0.1) is 12.5 Å². The van der Waals surface area contributed by atoms with Gasteiger partial charge in [-0.15, -0.1) is 0 Å². The minimum absolute atomic E-state index is 0.485. The highest BCUT2D eigenvalue weighted by atomic mass is 16.6. The molecule has 0 aromatic heterocycles. The number of ether oxygens (including phenoxy) is 3. The molecular weight excluding hydrogens is 272 g/mol. The molecule has 21 heavy (non-hydrogen) atoms. The van der Waals surface area contributed by atoms with E-state index in [0.29, 0.717) is 48.9 Å². The van der Waals surface area contributed by atoms with Crippen molar-refractivity contribution in [3.8, 4) is 17.2 Å². The monoisotopic (exact) mass is 292 g/mol. The van der Waals surface area contributed by atoms with Crippen molar-refractivity contribution >= 4 is 5.97 Å². The number of hydrogen-bond donors (Lipinski definition) is 1. The van der Waals surface area contributed by atoms with E-state index in [1.165, 1.54) is 0 Å². The Hall–Kier alpha value is -1.91. The van der Waals surface area contributed by atoms with E-state index in [-0.39, 0.29) is 0 Å². The Bertz CT molecular complexity index is 546. The number of aliphatic carboxylic acids is 1. The van der Waals surface area contributed by atoms with E-state index < -0.39 is 11.4 Å². The second-order valence-electron chi connectivity index (χ2n) is 5.64. The molecule has 0 spiro atoms. The number of carboxylic acids is 1. The summed E-state index contributed by atoms with van der Waals surface area (Å²) < 4.78 is 16.6. The summed E-state index contributed by atoms with van der Waals surface area (Å²) >= 11 is 0. The van der Waals surface area contributed by atoms with Gasteiger partial charge in [-0.25, -0.2) is 0 Å². The molecule has 1 saturated carbocycles. The van der Waals surface area contributed by atoms with Crippen LogP contribution >= 0.6 is 0 Å². The Labute approximate surface area is 123 Å². The van der Waals surface area contributed by atoms with Crippen LogP contribution in [-0.4, -0.2) is 31.4 Å². The summed E-state index contributed by atoms with van der Waals surface area (Å²) in [6.07, 6.45) is 4.20. The second kappa shape index (κ2) is 5.47. The molecule has 0 bridgehead atoms. The molecule has 0 saturated heterocycles. The standard InChI is InChI=1S/C16H20O5/c1-19-12-10-14-13(20-7-8-21-14)9-11(12)16(15(17)18)5-3-2-4-6-16/h9-10H,2-8H2,1H3,(H,17,18). The smallest absolute Gasteiger partial charge is 0.314 e.